The molecule has 0 aliphatic carbocycles. The summed E-state index contributed by atoms with van der Waals surface area (Å²) < 4.78 is 0. The van der Waals surface area contributed by atoms with Crippen molar-refractivity contribution in [1.82, 2.24) is 4.98 Å². The normalized spacial score (nSPS) is 9.80. The standard InChI is InChI=1S/C7H10N2O/c1-4-5(2)9-3-6(10)7(4)8/h3,10H,1-2H3,(H2,8,9). The molecule has 1 aromatic heterocycles. The van der Waals surface area contributed by atoms with Gasteiger partial charge in [-0.05, 0) is 19.4 Å². The van der Waals surface area contributed by atoms with Crippen molar-refractivity contribution in [3.8, 4) is 5.75 Å². The molecular formula is C7H10N2O. The van der Waals surface area contributed by atoms with E-state index < -0.39 is 0 Å². The van der Waals surface area contributed by atoms with Crippen LogP contribution in [-0.4, -0.2) is 10.1 Å². The quantitative estimate of drug-likeness (QED) is 0.562. The molecule has 0 atom stereocenters. The van der Waals surface area contributed by atoms with Crippen molar-refractivity contribution in [2.75, 3.05) is 5.73 Å². The Kier molecular flexibility index (Phi) is 1.49. The van der Waals surface area contributed by atoms with Crippen molar-refractivity contribution in [3.63, 3.8) is 0 Å². The number of nitrogen functional groups attached to an aromatic ring is 1. The maximum absolute atomic E-state index is 9.04. The number of aromatic nitrogens is 1. The first kappa shape index (κ1) is 6.86. The van der Waals surface area contributed by atoms with Crippen molar-refractivity contribution in [2.45, 2.75) is 13.8 Å². The largest absolute Gasteiger partial charge is 0.504 e. The third-order valence-electron chi connectivity index (χ3n) is 1.60. The van der Waals surface area contributed by atoms with E-state index in [9.17, 15) is 0 Å². The maximum atomic E-state index is 9.04. The first-order valence-corrected chi connectivity index (χ1v) is 3.03. The van der Waals surface area contributed by atoms with E-state index in [1.165, 1.54) is 6.20 Å². The van der Waals surface area contributed by atoms with Crippen LogP contribution in [0.5, 0.6) is 5.75 Å². The highest BCUT2D eigenvalue weighted by molar-refractivity contribution is 5.57. The summed E-state index contributed by atoms with van der Waals surface area (Å²) in [5.41, 5.74) is 7.62. The SMILES string of the molecule is Cc1ncc(O)c(N)c1C. The summed E-state index contributed by atoms with van der Waals surface area (Å²) in [5, 5.41) is 9.04. The Labute approximate surface area is 59.5 Å². The molecule has 3 N–H and O–H groups in total. The fourth-order valence-corrected chi connectivity index (χ4v) is 0.711. The van der Waals surface area contributed by atoms with E-state index in [0.29, 0.717) is 5.69 Å². The molecule has 0 aliphatic rings. The van der Waals surface area contributed by atoms with E-state index >= 15 is 0 Å². The minimum atomic E-state index is 0.0584. The second-order valence-electron chi connectivity index (χ2n) is 2.27. The molecule has 0 aromatic carbocycles. The van der Waals surface area contributed by atoms with Crippen molar-refractivity contribution >= 4 is 5.69 Å². The molecule has 0 aliphatic heterocycles. The lowest BCUT2D eigenvalue weighted by Crippen LogP contribution is -1.94. The minimum absolute atomic E-state index is 0.0584. The van der Waals surface area contributed by atoms with Gasteiger partial charge in [-0.25, -0.2) is 0 Å². The van der Waals surface area contributed by atoms with Crippen LogP contribution in [0.1, 0.15) is 11.3 Å². The van der Waals surface area contributed by atoms with Gasteiger partial charge in [-0.2, -0.15) is 0 Å². The highest BCUT2D eigenvalue weighted by atomic mass is 16.3. The molecular weight excluding hydrogens is 128 g/mol. The van der Waals surface area contributed by atoms with Gasteiger partial charge >= 0.3 is 0 Å². The zero-order chi connectivity index (χ0) is 7.72. The van der Waals surface area contributed by atoms with Crippen LogP contribution in [0.2, 0.25) is 0 Å². The molecule has 0 saturated carbocycles. The number of pyridine rings is 1. The third kappa shape index (κ3) is 0.900. The Hall–Kier alpha value is -1.25. The number of nitrogens with zero attached hydrogens (tertiary/aromatic N) is 1. The Morgan fingerprint density at radius 2 is 2.10 bits per heavy atom. The summed E-state index contributed by atoms with van der Waals surface area (Å²) in [6, 6.07) is 0. The number of hydrogen-bond acceptors (Lipinski definition) is 3. The first-order chi connectivity index (χ1) is 4.63. The lowest BCUT2D eigenvalue weighted by atomic mass is 10.2. The predicted molar refractivity (Wildman–Crippen MR) is 39.8 cm³/mol. The molecule has 1 heterocycles. The van der Waals surface area contributed by atoms with Crippen molar-refractivity contribution in [3.05, 3.63) is 17.5 Å². The molecule has 1 aromatic rings. The Morgan fingerprint density at radius 1 is 1.50 bits per heavy atom. The van der Waals surface area contributed by atoms with E-state index in [0.717, 1.165) is 11.3 Å². The Bertz CT molecular complexity index is 231. The van der Waals surface area contributed by atoms with Crippen LogP contribution in [0.4, 0.5) is 5.69 Å². The van der Waals surface area contributed by atoms with Gasteiger partial charge in [0.1, 0.15) is 0 Å². The fourth-order valence-electron chi connectivity index (χ4n) is 0.711. The summed E-state index contributed by atoms with van der Waals surface area (Å²) in [5.74, 6) is 0.0584. The number of hydrogen-bond donors (Lipinski definition) is 2. The van der Waals surface area contributed by atoms with Gasteiger partial charge in [0.15, 0.2) is 5.75 Å². The second kappa shape index (κ2) is 2.17. The fraction of sp³-hybridized carbons (Fsp3) is 0.286. The molecule has 0 fully saturated rings. The molecule has 0 unspecified atom stereocenters. The minimum Gasteiger partial charge on any atom is -0.504 e. The zero-order valence-electron chi connectivity index (χ0n) is 6.05. The zero-order valence-corrected chi connectivity index (χ0v) is 6.05. The molecule has 10 heavy (non-hydrogen) atoms. The van der Waals surface area contributed by atoms with Crippen molar-refractivity contribution in [2.24, 2.45) is 0 Å². The van der Waals surface area contributed by atoms with Gasteiger partial charge in [-0.1, -0.05) is 0 Å². The van der Waals surface area contributed by atoms with Crippen LogP contribution in [0, 0.1) is 13.8 Å². The lowest BCUT2D eigenvalue weighted by molar-refractivity contribution is 0.474. The predicted octanol–water partition coefficient (Wildman–Crippen LogP) is 0.986. The van der Waals surface area contributed by atoms with Crippen LogP contribution in [-0.2, 0) is 0 Å². The van der Waals surface area contributed by atoms with Crippen molar-refractivity contribution < 1.29 is 5.11 Å². The van der Waals surface area contributed by atoms with E-state index in [1.807, 2.05) is 13.8 Å². The lowest BCUT2D eigenvalue weighted by Gasteiger charge is -2.03. The van der Waals surface area contributed by atoms with E-state index in [4.69, 9.17) is 10.8 Å². The summed E-state index contributed by atoms with van der Waals surface area (Å²) in [6.07, 6.45) is 1.36. The number of aryl methyl sites for hydroxylation is 1. The van der Waals surface area contributed by atoms with E-state index in [1.54, 1.807) is 0 Å². The maximum Gasteiger partial charge on any atom is 0.157 e. The highest BCUT2D eigenvalue weighted by Crippen LogP contribution is 2.23. The topological polar surface area (TPSA) is 59.1 Å². The Balaban J connectivity index is 3.34. The van der Waals surface area contributed by atoms with Gasteiger partial charge in [0.25, 0.3) is 0 Å². The number of nitrogens with two attached hydrogens (primary N) is 1. The smallest absolute Gasteiger partial charge is 0.157 e. The average Bonchev–Trinajstić information content (AvgIpc) is 1.93. The number of anilines is 1. The summed E-state index contributed by atoms with van der Waals surface area (Å²) in [4.78, 5) is 3.91. The molecule has 3 nitrogen and oxygen atoms in total. The number of aromatic hydroxyl groups is 1. The molecule has 0 bridgehead atoms. The molecule has 1 rings (SSSR count). The second-order valence-corrected chi connectivity index (χ2v) is 2.27. The van der Waals surface area contributed by atoms with Crippen LogP contribution in [0.3, 0.4) is 0 Å². The van der Waals surface area contributed by atoms with Gasteiger partial charge in [-0.15, -0.1) is 0 Å². The molecule has 3 heteroatoms. The van der Waals surface area contributed by atoms with Gasteiger partial charge in [-0.3, -0.25) is 4.98 Å². The Morgan fingerprint density at radius 3 is 2.60 bits per heavy atom. The number of rotatable bonds is 0. The molecule has 0 amide bonds. The summed E-state index contributed by atoms with van der Waals surface area (Å²) in [7, 11) is 0. The van der Waals surface area contributed by atoms with Crippen LogP contribution in [0.15, 0.2) is 6.20 Å². The first-order valence-electron chi connectivity index (χ1n) is 3.03. The van der Waals surface area contributed by atoms with Crippen LogP contribution in [0.25, 0.3) is 0 Å². The van der Waals surface area contributed by atoms with Gasteiger partial charge < -0.3 is 10.8 Å². The third-order valence-corrected chi connectivity index (χ3v) is 1.60. The molecule has 0 saturated heterocycles. The monoisotopic (exact) mass is 138 g/mol. The summed E-state index contributed by atoms with van der Waals surface area (Å²) in [6.45, 7) is 3.68. The molecule has 54 valence electrons. The van der Waals surface area contributed by atoms with E-state index in [-0.39, 0.29) is 5.75 Å². The van der Waals surface area contributed by atoms with Crippen LogP contribution >= 0.6 is 0 Å². The highest BCUT2D eigenvalue weighted by Gasteiger charge is 2.02. The van der Waals surface area contributed by atoms with Gasteiger partial charge in [0.2, 0.25) is 0 Å². The molecule has 0 spiro atoms. The summed E-state index contributed by atoms with van der Waals surface area (Å²) >= 11 is 0. The average molecular weight is 138 g/mol. The van der Waals surface area contributed by atoms with E-state index in [2.05, 4.69) is 4.98 Å². The van der Waals surface area contributed by atoms with Crippen LogP contribution < -0.4 is 5.73 Å². The van der Waals surface area contributed by atoms with Gasteiger partial charge in [0.05, 0.1) is 11.9 Å². The molecule has 0 radical (unpaired) electrons. The van der Waals surface area contributed by atoms with Gasteiger partial charge in [0, 0.05) is 5.69 Å². The van der Waals surface area contributed by atoms with Crippen molar-refractivity contribution in [1.29, 1.82) is 0 Å².